The second-order valence-corrected chi connectivity index (χ2v) is 8.68. The number of aliphatic carboxylic acids is 1. The first-order valence-electron chi connectivity index (χ1n) is 11.5. The molecule has 3 rings (SSSR count). The van der Waals surface area contributed by atoms with Crippen LogP contribution in [0.3, 0.4) is 0 Å². The number of aromatic hydroxyl groups is 3. The Kier molecular flexibility index (Phi) is 9.06. The minimum atomic E-state index is -1.29. The topological polar surface area (TPSA) is 182 Å². The monoisotopic (exact) mass is 507 g/mol. The second kappa shape index (κ2) is 12.4. The van der Waals surface area contributed by atoms with Crippen molar-refractivity contribution in [3.63, 3.8) is 0 Å². The van der Waals surface area contributed by atoms with E-state index in [2.05, 4.69) is 10.6 Å². The first kappa shape index (κ1) is 27.0. The number of nitrogens with one attached hydrogen (secondary N) is 2. The molecule has 0 heterocycles. The van der Waals surface area contributed by atoms with Gasteiger partial charge in [0.2, 0.25) is 11.8 Å². The maximum atomic E-state index is 13.2. The number of phenols is 3. The highest BCUT2D eigenvalue weighted by atomic mass is 16.4. The minimum Gasteiger partial charge on any atom is -0.508 e. The third kappa shape index (κ3) is 8.25. The Morgan fingerprint density at radius 1 is 0.595 bits per heavy atom. The smallest absolute Gasteiger partial charge is 0.326 e. The molecular weight excluding hydrogens is 478 g/mol. The minimum absolute atomic E-state index is 0.0231. The van der Waals surface area contributed by atoms with Crippen LogP contribution in [0.4, 0.5) is 0 Å². The van der Waals surface area contributed by atoms with Crippen molar-refractivity contribution in [2.45, 2.75) is 37.4 Å². The van der Waals surface area contributed by atoms with Crippen molar-refractivity contribution in [1.29, 1.82) is 0 Å². The lowest BCUT2D eigenvalue weighted by Gasteiger charge is -2.23. The molecule has 0 aliphatic carbocycles. The fraction of sp³-hybridized carbons (Fsp3) is 0.222. The Morgan fingerprint density at radius 2 is 0.946 bits per heavy atom. The van der Waals surface area contributed by atoms with Crippen LogP contribution in [0.1, 0.15) is 16.7 Å². The third-order valence-electron chi connectivity index (χ3n) is 5.73. The molecule has 0 radical (unpaired) electrons. The molecule has 2 amide bonds. The summed E-state index contributed by atoms with van der Waals surface area (Å²) in [7, 11) is 0. The summed E-state index contributed by atoms with van der Waals surface area (Å²) in [6.07, 6.45) is 0.134. The Bertz CT molecular complexity index is 1210. The number of carboxylic acids is 1. The van der Waals surface area contributed by atoms with E-state index < -0.39 is 35.9 Å². The summed E-state index contributed by atoms with van der Waals surface area (Å²) in [4.78, 5) is 37.9. The van der Waals surface area contributed by atoms with Gasteiger partial charge in [0.1, 0.15) is 29.3 Å². The maximum Gasteiger partial charge on any atom is 0.326 e. The zero-order valence-corrected chi connectivity index (χ0v) is 19.9. The zero-order valence-electron chi connectivity index (χ0n) is 19.9. The van der Waals surface area contributed by atoms with Gasteiger partial charge in [-0.25, -0.2) is 4.79 Å². The average Bonchev–Trinajstić information content (AvgIpc) is 2.87. The molecule has 0 unspecified atom stereocenters. The first-order chi connectivity index (χ1) is 17.6. The van der Waals surface area contributed by atoms with Gasteiger partial charge in [-0.3, -0.25) is 9.59 Å². The number of hydrogen-bond acceptors (Lipinski definition) is 7. The van der Waals surface area contributed by atoms with Crippen molar-refractivity contribution >= 4 is 17.8 Å². The normalized spacial score (nSPS) is 13.2. The number of hydrogen-bond donors (Lipinski definition) is 7. The Balaban J connectivity index is 1.74. The summed E-state index contributed by atoms with van der Waals surface area (Å²) in [6.45, 7) is 0. The molecule has 0 aliphatic rings. The molecule has 0 aliphatic heterocycles. The molecule has 37 heavy (non-hydrogen) atoms. The van der Waals surface area contributed by atoms with E-state index in [0.29, 0.717) is 16.7 Å². The summed E-state index contributed by atoms with van der Waals surface area (Å²) in [6, 6.07) is 14.7. The van der Waals surface area contributed by atoms with Crippen LogP contribution in [-0.2, 0) is 33.6 Å². The highest BCUT2D eigenvalue weighted by Crippen LogP contribution is 2.14. The third-order valence-corrected chi connectivity index (χ3v) is 5.73. The van der Waals surface area contributed by atoms with Crippen molar-refractivity contribution < 1.29 is 34.8 Å². The first-order valence-corrected chi connectivity index (χ1v) is 11.5. The lowest BCUT2D eigenvalue weighted by Crippen LogP contribution is -2.55. The number of phenolic OH excluding ortho intramolecular Hbond substituents is 3. The number of benzene rings is 3. The van der Waals surface area contributed by atoms with Gasteiger partial charge in [0, 0.05) is 12.8 Å². The molecule has 0 bridgehead atoms. The van der Waals surface area contributed by atoms with Crippen molar-refractivity contribution in [1.82, 2.24) is 10.6 Å². The maximum absolute atomic E-state index is 13.2. The number of carboxylic acid groups (broad SMARTS) is 1. The van der Waals surface area contributed by atoms with Crippen LogP contribution in [0.5, 0.6) is 17.2 Å². The van der Waals surface area contributed by atoms with Gasteiger partial charge in [0.25, 0.3) is 0 Å². The quantitative estimate of drug-likeness (QED) is 0.202. The van der Waals surface area contributed by atoms with Crippen LogP contribution < -0.4 is 16.4 Å². The molecule has 194 valence electrons. The lowest BCUT2D eigenvalue weighted by atomic mass is 10.0. The number of carbonyl (C=O) groups excluding carboxylic acids is 2. The van der Waals surface area contributed by atoms with Crippen LogP contribution in [-0.4, -0.2) is 56.3 Å². The number of amides is 2. The summed E-state index contributed by atoms with van der Waals surface area (Å²) in [5, 5.41) is 43.2. The van der Waals surface area contributed by atoms with Gasteiger partial charge in [-0.05, 0) is 59.5 Å². The molecule has 10 nitrogen and oxygen atoms in total. The molecule has 3 aromatic carbocycles. The van der Waals surface area contributed by atoms with E-state index in [0.717, 1.165) is 0 Å². The number of nitrogens with two attached hydrogens (primary N) is 1. The summed E-state index contributed by atoms with van der Waals surface area (Å²) in [5.41, 5.74) is 7.97. The standard InChI is InChI=1S/C27H29N3O7/c28-22(13-16-1-7-19(31)8-2-16)25(34)29-23(14-17-3-9-20(32)10-4-17)26(35)30-24(27(36)37)15-18-5-11-21(33)12-6-18/h1-12,22-24,31-33H,13-15,28H2,(H,29,34)(H,30,35)(H,36,37)/t22-,23-,24-/m1/s1. The molecule has 0 spiro atoms. The Hall–Kier alpha value is -4.57. The SMILES string of the molecule is N[C@H](Cc1ccc(O)cc1)C(=O)N[C@H](Cc1ccc(O)cc1)C(=O)N[C@H](Cc1ccc(O)cc1)C(=O)O. The molecular formula is C27H29N3O7. The summed E-state index contributed by atoms with van der Waals surface area (Å²) >= 11 is 0. The fourth-order valence-electron chi connectivity index (χ4n) is 3.67. The fourth-order valence-corrected chi connectivity index (χ4v) is 3.67. The van der Waals surface area contributed by atoms with E-state index in [1.54, 1.807) is 36.4 Å². The van der Waals surface area contributed by atoms with Crippen LogP contribution in [0.25, 0.3) is 0 Å². The van der Waals surface area contributed by atoms with Gasteiger partial charge in [-0.1, -0.05) is 36.4 Å². The van der Waals surface area contributed by atoms with Crippen LogP contribution in [0, 0.1) is 0 Å². The van der Waals surface area contributed by atoms with Gasteiger partial charge in [-0.15, -0.1) is 0 Å². The van der Waals surface area contributed by atoms with Gasteiger partial charge < -0.3 is 36.8 Å². The van der Waals surface area contributed by atoms with Crippen molar-refractivity contribution in [3.05, 3.63) is 89.5 Å². The van der Waals surface area contributed by atoms with E-state index >= 15 is 0 Å². The Labute approximate surface area is 213 Å². The number of carbonyl (C=O) groups is 3. The highest BCUT2D eigenvalue weighted by molar-refractivity contribution is 5.92. The molecule has 3 aromatic rings. The molecule has 10 heteroatoms. The van der Waals surface area contributed by atoms with E-state index in [-0.39, 0.29) is 36.5 Å². The zero-order chi connectivity index (χ0) is 26.9. The average molecular weight is 508 g/mol. The number of rotatable bonds is 11. The molecule has 0 aromatic heterocycles. The molecule has 0 saturated heterocycles. The summed E-state index contributed by atoms with van der Waals surface area (Å²) < 4.78 is 0. The van der Waals surface area contributed by atoms with Gasteiger partial charge in [-0.2, -0.15) is 0 Å². The van der Waals surface area contributed by atoms with Gasteiger partial charge in [0.15, 0.2) is 0 Å². The molecule has 8 N–H and O–H groups in total. The van der Waals surface area contributed by atoms with Crippen molar-refractivity contribution in [3.8, 4) is 17.2 Å². The van der Waals surface area contributed by atoms with E-state index in [4.69, 9.17) is 5.73 Å². The second-order valence-electron chi connectivity index (χ2n) is 8.68. The van der Waals surface area contributed by atoms with E-state index in [1.165, 1.54) is 36.4 Å². The molecule has 0 fully saturated rings. The highest BCUT2D eigenvalue weighted by Gasteiger charge is 2.28. The lowest BCUT2D eigenvalue weighted by molar-refractivity contribution is -0.142. The van der Waals surface area contributed by atoms with Crippen LogP contribution in [0.2, 0.25) is 0 Å². The predicted octanol–water partition coefficient (Wildman–Crippen LogP) is 1.21. The van der Waals surface area contributed by atoms with Crippen LogP contribution >= 0.6 is 0 Å². The molecule has 3 atom stereocenters. The van der Waals surface area contributed by atoms with Crippen molar-refractivity contribution in [2.75, 3.05) is 0 Å². The van der Waals surface area contributed by atoms with Crippen LogP contribution in [0.15, 0.2) is 72.8 Å². The van der Waals surface area contributed by atoms with Gasteiger partial charge >= 0.3 is 5.97 Å². The van der Waals surface area contributed by atoms with E-state index in [9.17, 15) is 34.8 Å². The molecule has 0 saturated carbocycles. The largest absolute Gasteiger partial charge is 0.508 e. The predicted molar refractivity (Wildman–Crippen MR) is 135 cm³/mol. The van der Waals surface area contributed by atoms with E-state index in [1.807, 2.05) is 0 Å². The van der Waals surface area contributed by atoms with Crippen molar-refractivity contribution in [2.24, 2.45) is 5.73 Å². The summed E-state index contributed by atoms with van der Waals surface area (Å²) in [5.74, 6) is -2.46. The Morgan fingerprint density at radius 3 is 1.35 bits per heavy atom. The van der Waals surface area contributed by atoms with Gasteiger partial charge in [0.05, 0.1) is 6.04 Å².